The molecule has 8 heteroatoms. The highest BCUT2D eigenvalue weighted by atomic mass is 32.2. The standard InChI is InChI=1S/C18H26N4O3S/c1-12-18(13(2)25-21-12)26(23,24)19-11-16-15-9-5-6-10-17(15)22(20-16)14-7-3-4-8-14/h14,19H,3-11H2,1-2H3. The summed E-state index contributed by atoms with van der Waals surface area (Å²) in [6, 6.07) is 0.481. The predicted molar refractivity (Wildman–Crippen MR) is 96.4 cm³/mol. The molecular formula is C18H26N4O3S. The molecule has 4 rings (SSSR count). The summed E-state index contributed by atoms with van der Waals surface area (Å²) in [5.74, 6) is 0.313. The van der Waals surface area contributed by atoms with E-state index in [4.69, 9.17) is 9.62 Å². The number of rotatable bonds is 5. The molecule has 1 saturated carbocycles. The second-order valence-electron chi connectivity index (χ2n) is 7.44. The summed E-state index contributed by atoms with van der Waals surface area (Å²) in [7, 11) is -3.67. The third kappa shape index (κ3) is 3.09. The maximum absolute atomic E-state index is 12.7. The maximum Gasteiger partial charge on any atom is 0.246 e. The molecule has 0 amide bonds. The zero-order valence-electron chi connectivity index (χ0n) is 15.4. The van der Waals surface area contributed by atoms with Crippen LogP contribution in [-0.4, -0.2) is 23.4 Å². The van der Waals surface area contributed by atoms with Crippen molar-refractivity contribution in [2.45, 2.75) is 82.7 Å². The van der Waals surface area contributed by atoms with Gasteiger partial charge < -0.3 is 4.52 Å². The highest BCUT2D eigenvalue weighted by Crippen LogP contribution is 2.34. The van der Waals surface area contributed by atoms with Crippen LogP contribution in [0, 0.1) is 13.8 Å². The average molecular weight is 378 g/mol. The lowest BCUT2D eigenvalue weighted by molar-refractivity contribution is 0.390. The predicted octanol–water partition coefficient (Wildman–Crippen LogP) is 2.96. The molecule has 1 N–H and O–H groups in total. The first-order valence-corrected chi connectivity index (χ1v) is 11.0. The molecule has 0 aromatic carbocycles. The van der Waals surface area contributed by atoms with Crippen LogP contribution in [-0.2, 0) is 29.4 Å². The number of aromatic nitrogens is 3. The third-order valence-corrected chi connectivity index (χ3v) is 7.27. The normalized spacial score (nSPS) is 18.4. The van der Waals surface area contributed by atoms with E-state index in [9.17, 15) is 8.42 Å². The van der Waals surface area contributed by atoms with Crippen LogP contribution < -0.4 is 4.72 Å². The Morgan fingerprint density at radius 2 is 1.88 bits per heavy atom. The Morgan fingerprint density at radius 3 is 2.58 bits per heavy atom. The molecule has 0 saturated heterocycles. The maximum atomic E-state index is 12.7. The number of nitrogens with zero attached hydrogens (tertiary/aromatic N) is 3. The van der Waals surface area contributed by atoms with Crippen LogP contribution in [0.3, 0.4) is 0 Å². The van der Waals surface area contributed by atoms with Gasteiger partial charge in [-0.2, -0.15) is 5.10 Å². The van der Waals surface area contributed by atoms with Crippen molar-refractivity contribution in [1.29, 1.82) is 0 Å². The van der Waals surface area contributed by atoms with Crippen molar-refractivity contribution in [3.8, 4) is 0 Å². The number of sulfonamides is 1. The molecule has 2 aliphatic carbocycles. The molecule has 7 nitrogen and oxygen atoms in total. The molecular weight excluding hydrogens is 352 g/mol. The monoisotopic (exact) mass is 378 g/mol. The number of hydrogen-bond acceptors (Lipinski definition) is 5. The van der Waals surface area contributed by atoms with Crippen LogP contribution in [0.5, 0.6) is 0 Å². The van der Waals surface area contributed by atoms with Crippen LogP contribution in [0.1, 0.15) is 73.0 Å². The Labute approximate surface area is 154 Å². The number of hydrogen-bond donors (Lipinski definition) is 1. The molecule has 142 valence electrons. The smallest absolute Gasteiger partial charge is 0.246 e. The second-order valence-corrected chi connectivity index (χ2v) is 9.14. The first-order valence-electron chi connectivity index (χ1n) is 9.49. The number of nitrogens with one attached hydrogen (secondary N) is 1. The fourth-order valence-corrected chi connectivity index (χ4v) is 5.70. The van der Waals surface area contributed by atoms with E-state index in [1.54, 1.807) is 13.8 Å². The number of aryl methyl sites for hydroxylation is 2. The minimum atomic E-state index is -3.67. The second kappa shape index (κ2) is 6.81. The highest BCUT2D eigenvalue weighted by molar-refractivity contribution is 7.89. The van der Waals surface area contributed by atoms with E-state index < -0.39 is 10.0 Å². The van der Waals surface area contributed by atoms with Crippen molar-refractivity contribution in [3.63, 3.8) is 0 Å². The van der Waals surface area contributed by atoms with Gasteiger partial charge in [-0.1, -0.05) is 18.0 Å². The minimum Gasteiger partial charge on any atom is -0.360 e. The van der Waals surface area contributed by atoms with Crippen molar-refractivity contribution in [3.05, 3.63) is 28.4 Å². The van der Waals surface area contributed by atoms with E-state index in [0.717, 1.165) is 25.0 Å². The van der Waals surface area contributed by atoms with Crippen molar-refractivity contribution >= 4 is 10.0 Å². The van der Waals surface area contributed by atoms with Crippen molar-refractivity contribution in [2.24, 2.45) is 0 Å². The molecule has 0 radical (unpaired) electrons. The quantitative estimate of drug-likeness (QED) is 0.864. The zero-order valence-corrected chi connectivity index (χ0v) is 16.2. The van der Waals surface area contributed by atoms with Gasteiger partial charge in [0, 0.05) is 5.69 Å². The summed E-state index contributed by atoms with van der Waals surface area (Å²) in [5, 5.41) is 8.60. The summed E-state index contributed by atoms with van der Waals surface area (Å²) >= 11 is 0. The van der Waals surface area contributed by atoms with E-state index in [1.165, 1.54) is 43.4 Å². The van der Waals surface area contributed by atoms with Crippen molar-refractivity contribution < 1.29 is 12.9 Å². The van der Waals surface area contributed by atoms with Crippen LogP contribution >= 0.6 is 0 Å². The van der Waals surface area contributed by atoms with Gasteiger partial charge in [0.05, 0.1) is 18.3 Å². The SMILES string of the molecule is Cc1noc(C)c1S(=O)(=O)NCc1nn(C2CCCC2)c2c1CCCC2. The molecule has 0 atom stereocenters. The van der Waals surface area contributed by atoms with Crippen LogP contribution in [0.15, 0.2) is 9.42 Å². The van der Waals surface area contributed by atoms with Gasteiger partial charge in [0.1, 0.15) is 10.6 Å². The molecule has 1 fully saturated rings. The average Bonchev–Trinajstić information content (AvgIpc) is 3.32. The lowest BCUT2D eigenvalue weighted by atomic mass is 9.95. The zero-order chi connectivity index (χ0) is 18.3. The summed E-state index contributed by atoms with van der Waals surface area (Å²) in [4.78, 5) is 0.140. The Morgan fingerprint density at radius 1 is 1.15 bits per heavy atom. The van der Waals surface area contributed by atoms with Gasteiger partial charge in [-0.3, -0.25) is 4.68 Å². The third-order valence-electron chi connectivity index (χ3n) is 5.63. The van der Waals surface area contributed by atoms with Gasteiger partial charge in [0.25, 0.3) is 0 Å². The Hall–Kier alpha value is -1.67. The van der Waals surface area contributed by atoms with Gasteiger partial charge in [-0.05, 0) is 57.9 Å². The molecule has 26 heavy (non-hydrogen) atoms. The summed E-state index contributed by atoms with van der Waals surface area (Å²) in [6.45, 7) is 3.47. The van der Waals surface area contributed by atoms with Gasteiger partial charge >= 0.3 is 0 Å². The topological polar surface area (TPSA) is 90.0 Å². The van der Waals surface area contributed by atoms with E-state index in [0.29, 0.717) is 17.5 Å². The molecule has 2 heterocycles. The summed E-state index contributed by atoms with van der Waals surface area (Å²) in [6.07, 6.45) is 9.25. The van der Waals surface area contributed by atoms with E-state index in [2.05, 4.69) is 14.6 Å². The fraction of sp³-hybridized carbons (Fsp3) is 0.667. The molecule has 0 bridgehead atoms. The summed E-state index contributed by atoms with van der Waals surface area (Å²) < 4.78 is 35.3. The van der Waals surface area contributed by atoms with Gasteiger partial charge in [-0.25, -0.2) is 13.1 Å². The molecule has 0 unspecified atom stereocenters. The van der Waals surface area contributed by atoms with Gasteiger partial charge in [-0.15, -0.1) is 0 Å². The van der Waals surface area contributed by atoms with Crippen LogP contribution in [0.4, 0.5) is 0 Å². The Balaban J connectivity index is 1.60. The highest BCUT2D eigenvalue weighted by Gasteiger charge is 2.28. The largest absolute Gasteiger partial charge is 0.360 e. The first kappa shape index (κ1) is 17.7. The Bertz CT molecular complexity index is 888. The van der Waals surface area contributed by atoms with Gasteiger partial charge in [0.15, 0.2) is 5.76 Å². The van der Waals surface area contributed by atoms with Crippen LogP contribution in [0.2, 0.25) is 0 Å². The lowest BCUT2D eigenvalue weighted by Crippen LogP contribution is -2.25. The first-order chi connectivity index (χ1) is 12.5. The fourth-order valence-electron chi connectivity index (χ4n) is 4.39. The Kier molecular flexibility index (Phi) is 4.64. The van der Waals surface area contributed by atoms with Crippen molar-refractivity contribution in [2.75, 3.05) is 0 Å². The molecule has 0 spiro atoms. The molecule has 2 aliphatic rings. The van der Waals surface area contributed by atoms with E-state index in [1.807, 2.05) is 0 Å². The molecule has 2 aromatic rings. The van der Waals surface area contributed by atoms with E-state index >= 15 is 0 Å². The minimum absolute atomic E-state index is 0.140. The van der Waals surface area contributed by atoms with Crippen LogP contribution in [0.25, 0.3) is 0 Å². The number of fused-ring (bicyclic) bond motifs is 1. The molecule has 2 aromatic heterocycles. The van der Waals surface area contributed by atoms with Gasteiger partial charge in [0.2, 0.25) is 10.0 Å². The molecule has 0 aliphatic heterocycles. The summed E-state index contributed by atoms with van der Waals surface area (Å²) in [5.41, 5.74) is 3.84. The van der Waals surface area contributed by atoms with Crippen molar-refractivity contribution in [1.82, 2.24) is 19.7 Å². The van der Waals surface area contributed by atoms with E-state index in [-0.39, 0.29) is 11.4 Å². The lowest BCUT2D eigenvalue weighted by Gasteiger charge is -2.18.